The Hall–Kier alpha value is -2.18. The lowest BCUT2D eigenvalue weighted by Crippen LogP contribution is -2.43. The van der Waals surface area contributed by atoms with Crippen molar-refractivity contribution in [1.29, 1.82) is 0 Å². The van der Waals surface area contributed by atoms with Crippen molar-refractivity contribution in [2.45, 2.75) is 72.5 Å². The smallest absolute Gasteiger partial charge is 0.410 e. The van der Waals surface area contributed by atoms with E-state index in [-0.39, 0.29) is 18.9 Å². The second-order valence-corrected chi connectivity index (χ2v) is 8.54. The number of benzene rings is 1. The minimum atomic E-state index is -2.75. The minimum Gasteiger partial charge on any atom is -0.461 e. The Balaban J connectivity index is 0.000000326. The van der Waals surface area contributed by atoms with E-state index in [0.717, 1.165) is 5.56 Å². The van der Waals surface area contributed by atoms with E-state index < -0.39 is 23.0 Å². The van der Waals surface area contributed by atoms with Crippen LogP contribution in [0.25, 0.3) is 0 Å². The SMILES string of the molecule is CC(=O)OCc1ccccc1.CCC(F)(F)C1(C)CCN(C(=O)OC(C)(C)C)C1. The van der Waals surface area contributed by atoms with Crippen LogP contribution in [-0.4, -0.2) is 41.6 Å². The first-order chi connectivity index (χ1) is 13.3. The molecular formula is C22H33F2NO4. The van der Waals surface area contributed by atoms with E-state index in [1.807, 2.05) is 30.3 Å². The number of carbonyl (C=O) groups excluding carboxylic acids is 2. The van der Waals surface area contributed by atoms with Crippen molar-refractivity contribution in [3.05, 3.63) is 35.9 Å². The molecule has 1 heterocycles. The standard InChI is InChI=1S/C13H23F2NO2.C9H10O2/c1-6-13(14,15)12(5)7-8-16(9-12)10(17)18-11(2,3)4;1-8(10)11-7-9-5-3-2-4-6-9/h6-9H2,1-5H3;2-6H,7H2,1H3. The average molecular weight is 414 g/mol. The molecule has 0 radical (unpaired) electrons. The summed E-state index contributed by atoms with van der Waals surface area (Å²) in [5.74, 6) is -2.99. The highest BCUT2D eigenvalue weighted by Crippen LogP contribution is 2.46. The first kappa shape index (κ1) is 24.9. The maximum absolute atomic E-state index is 13.8. The predicted molar refractivity (Wildman–Crippen MR) is 108 cm³/mol. The van der Waals surface area contributed by atoms with Gasteiger partial charge >= 0.3 is 12.1 Å². The molecule has 1 unspecified atom stereocenters. The van der Waals surface area contributed by atoms with Gasteiger partial charge in [0.15, 0.2) is 0 Å². The molecule has 164 valence electrons. The lowest BCUT2D eigenvalue weighted by atomic mass is 9.81. The molecule has 1 aliphatic rings. The van der Waals surface area contributed by atoms with Gasteiger partial charge in [-0.3, -0.25) is 4.79 Å². The summed E-state index contributed by atoms with van der Waals surface area (Å²) in [6.45, 7) is 10.5. The third-order valence-corrected chi connectivity index (χ3v) is 4.74. The predicted octanol–water partition coefficient (Wildman–Crippen LogP) is 5.43. The Morgan fingerprint density at radius 1 is 1.17 bits per heavy atom. The van der Waals surface area contributed by atoms with Gasteiger partial charge in [-0.2, -0.15) is 0 Å². The van der Waals surface area contributed by atoms with Gasteiger partial charge in [0.05, 0.1) is 5.41 Å². The lowest BCUT2D eigenvalue weighted by Gasteiger charge is -2.33. The molecular weight excluding hydrogens is 380 g/mol. The zero-order chi connectivity index (χ0) is 22.3. The van der Waals surface area contributed by atoms with Crippen LogP contribution >= 0.6 is 0 Å². The average Bonchev–Trinajstić information content (AvgIpc) is 3.04. The van der Waals surface area contributed by atoms with E-state index in [4.69, 9.17) is 9.47 Å². The van der Waals surface area contributed by atoms with Gasteiger partial charge in [0.2, 0.25) is 0 Å². The fraction of sp³-hybridized carbons (Fsp3) is 0.636. The van der Waals surface area contributed by atoms with E-state index in [0.29, 0.717) is 19.6 Å². The molecule has 0 aromatic heterocycles. The molecule has 29 heavy (non-hydrogen) atoms. The van der Waals surface area contributed by atoms with Crippen molar-refractivity contribution in [2.24, 2.45) is 5.41 Å². The fourth-order valence-electron chi connectivity index (χ4n) is 2.93. The first-order valence-electron chi connectivity index (χ1n) is 9.83. The maximum atomic E-state index is 13.8. The van der Waals surface area contributed by atoms with E-state index >= 15 is 0 Å². The molecule has 1 aromatic carbocycles. The van der Waals surface area contributed by atoms with Crippen LogP contribution in [0.15, 0.2) is 30.3 Å². The zero-order valence-corrected chi connectivity index (χ0v) is 18.3. The van der Waals surface area contributed by atoms with Gasteiger partial charge in [-0.25, -0.2) is 13.6 Å². The Kier molecular flexibility index (Phi) is 8.60. The number of esters is 1. The number of carbonyl (C=O) groups is 2. The molecule has 1 fully saturated rings. The van der Waals surface area contributed by atoms with Crippen LogP contribution in [0.1, 0.15) is 59.9 Å². The van der Waals surface area contributed by atoms with Crippen molar-refractivity contribution >= 4 is 12.1 Å². The van der Waals surface area contributed by atoms with Crippen molar-refractivity contribution in [1.82, 2.24) is 4.90 Å². The number of hydrogen-bond donors (Lipinski definition) is 0. The van der Waals surface area contributed by atoms with Gasteiger partial charge in [-0.05, 0) is 32.8 Å². The molecule has 1 aromatic rings. The zero-order valence-electron chi connectivity index (χ0n) is 18.3. The molecule has 0 bridgehead atoms. The highest BCUT2D eigenvalue weighted by atomic mass is 19.3. The quantitative estimate of drug-likeness (QED) is 0.618. The van der Waals surface area contributed by atoms with Gasteiger partial charge < -0.3 is 14.4 Å². The van der Waals surface area contributed by atoms with Crippen LogP contribution in [0.2, 0.25) is 0 Å². The van der Waals surface area contributed by atoms with Crippen LogP contribution < -0.4 is 0 Å². The number of rotatable bonds is 4. The van der Waals surface area contributed by atoms with Crippen LogP contribution in [-0.2, 0) is 20.9 Å². The first-order valence-corrected chi connectivity index (χ1v) is 9.83. The molecule has 7 heteroatoms. The molecule has 1 amide bonds. The summed E-state index contributed by atoms with van der Waals surface area (Å²) in [5, 5.41) is 0. The van der Waals surface area contributed by atoms with Crippen LogP contribution in [0.5, 0.6) is 0 Å². The number of hydrogen-bond acceptors (Lipinski definition) is 4. The summed E-state index contributed by atoms with van der Waals surface area (Å²) in [4.78, 5) is 23.6. The van der Waals surface area contributed by atoms with Gasteiger partial charge in [-0.1, -0.05) is 44.2 Å². The summed E-state index contributed by atoms with van der Waals surface area (Å²) in [6.07, 6.45) is -0.392. The largest absolute Gasteiger partial charge is 0.461 e. The number of halogens is 2. The highest BCUT2D eigenvalue weighted by molar-refractivity contribution is 5.68. The Morgan fingerprint density at radius 2 is 1.76 bits per heavy atom. The summed E-state index contributed by atoms with van der Waals surface area (Å²) in [6, 6.07) is 9.60. The number of ether oxygens (including phenoxy) is 2. The monoisotopic (exact) mass is 413 g/mol. The van der Waals surface area contributed by atoms with Crippen LogP contribution in [0.3, 0.4) is 0 Å². The van der Waals surface area contributed by atoms with Crippen molar-refractivity contribution in [2.75, 3.05) is 13.1 Å². The van der Waals surface area contributed by atoms with E-state index in [9.17, 15) is 18.4 Å². The number of alkyl halides is 2. The summed E-state index contributed by atoms with van der Waals surface area (Å²) >= 11 is 0. The van der Waals surface area contributed by atoms with Gasteiger partial charge in [0.1, 0.15) is 12.2 Å². The van der Waals surface area contributed by atoms with Gasteiger partial charge in [0, 0.05) is 26.4 Å². The van der Waals surface area contributed by atoms with Crippen molar-refractivity contribution < 1.29 is 27.8 Å². The van der Waals surface area contributed by atoms with E-state index in [1.165, 1.54) is 18.7 Å². The Labute approximate surface area is 172 Å². The minimum absolute atomic E-state index is 0.0583. The van der Waals surface area contributed by atoms with E-state index in [2.05, 4.69) is 0 Å². The summed E-state index contributed by atoms with van der Waals surface area (Å²) in [5.41, 5.74) is -0.718. The number of nitrogens with zero attached hydrogens (tertiary/aromatic N) is 1. The number of amides is 1. The molecule has 0 spiro atoms. The topological polar surface area (TPSA) is 55.8 Å². The fourth-order valence-corrected chi connectivity index (χ4v) is 2.93. The molecule has 0 N–H and O–H groups in total. The molecule has 5 nitrogen and oxygen atoms in total. The maximum Gasteiger partial charge on any atom is 0.410 e. The second-order valence-electron chi connectivity index (χ2n) is 8.54. The third kappa shape index (κ3) is 7.99. The highest BCUT2D eigenvalue weighted by Gasteiger charge is 2.53. The molecule has 1 aliphatic heterocycles. The third-order valence-electron chi connectivity index (χ3n) is 4.74. The molecule has 0 aliphatic carbocycles. The number of likely N-dealkylation sites (tertiary alicyclic amines) is 1. The van der Waals surface area contributed by atoms with Gasteiger partial charge in [0.25, 0.3) is 5.92 Å². The molecule has 2 rings (SSSR count). The lowest BCUT2D eigenvalue weighted by molar-refractivity contribution is -0.142. The molecule has 1 saturated heterocycles. The molecule has 0 saturated carbocycles. The second kappa shape index (κ2) is 10.0. The summed E-state index contributed by atoms with van der Waals surface area (Å²) in [7, 11) is 0. The summed E-state index contributed by atoms with van der Waals surface area (Å²) < 4.78 is 37.7. The van der Waals surface area contributed by atoms with Crippen LogP contribution in [0, 0.1) is 5.41 Å². The van der Waals surface area contributed by atoms with E-state index in [1.54, 1.807) is 27.7 Å². The van der Waals surface area contributed by atoms with Crippen molar-refractivity contribution in [3.8, 4) is 0 Å². The van der Waals surface area contributed by atoms with Crippen molar-refractivity contribution in [3.63, 3.8) is 0 Å². The Bertz CT molecular complexity index is 673. The molecule has 1 atom stereocenters. The van der Waals surface area contributed by atoms with Gasteiger partial charge in [-0.15, -0.1) is 0 Å². The van der Waals surface area contributed by atoms with Crippen LogP contribution in [0.4, 0.5) is 13.6 Å². The normalized spacial score (nSPS) is 19.2. The Morgan fingerprint density at radius 3 is 2.24 bits per heavy atom.